The summed E-state index contributed by atoms with van der Waals surface area (Å²) >= 11 is 0. The summed E-state index contributed by atoms with van der Waals surface area (Å²) in [6.45, 7) is 2.25. The first-order valence-electron chi connectivity index (χ1n) is 7.24. The zero-order chi connectivity index (χ0) is 12.3. The minimum Gasteiger partial charge on any atom is -0.352 e. The molecule has 4 heteroatoms. The zero-order valence-corrected chi connectivity index (χ0v) is 12.2. The molecule has 2 rings (SSSR count). The Hall–Kier alpha value is -0.280. The first-order valence-corrected chi connectivity index (χ1v) is 7.24. The number of nitrogens with two attached hydrogens (primary N) is 1. The predicted molar refractivity (Wildman–Crippen MR) is 76.8 cm³/mol. The summed E-state index contributed by atoms with van der Waals surface area (Å²) in [7, 11) is 0. The van der Waals surface area contributed by atoms with E-state index in [9.17, 15) is 4.79 Å². The quantitative estimate of drug-likeness (QED) is 0.810. The van der Waals surface area contributed by atoms with Gasteiger partial charge in [0.1, 0.15) is 0 Å². The largest absolute Gasteiger partial charge is 0.352 e. The van der Waals surface area contributed by atoms with Gasteiger partial charge in [0.05, 0.1) is 5.54 Å². The van der Waals surface area contributed by atoms with Gasteiger partial charge in [-0.1, -0.05) is 26.2 Å². The van der Waals surface area contributed by atoms with Crippen LogP contribution in [-0.4, -0.2) is 17.5 Å². The lowest BCUT2D eigenvalue weighted by Gasteiger charge is -2.29. The van der Waals surface area contributed by atoms with E-state index in [2.05, 4.69) is 12.2 Å². The number of carbonyl (C=O) groups is 1. The fourth-order valence-electron chi connectivity index (χ4n) is 2.78. The van der Waals surface area contributed by atoms with Crippen LogP contribution in [0.3, 0.4) is 0 Å². The maximum Gasteiger partial charge on any atom is 0.240 e. The van der Waals surface area contributed by atoms with Gasteiger partial charge in [0.2, 0.25) is 5.91 Å². The molecule has 0 aromatic carbocycles. The van der Waals surface area contributed by atoms with Crippen molar-refractivity contribution in [1.82, 2.24) is 5.32 Å². The zero-order valence-electron chi connectivity index (χ0n) is 11.4. The average Bonchev–Trinajstić information content (AvgIpc) is 3.08. The van der Waals surface area contributed by atoms with Crippen molar-refractivity contribution in [2.75, 3.05) is 0 Å². The van der Waals surface area contributed by atoms with Crippen LogP contribution in [0.25, 0.3) is 0 Å². The van der Waals surface area contributed by atoms with Crippen molar-refractivity contribution in [3.63, 3.8) is 0 Å². The van der Waals surface area contributed by atoms with Gasteiger partial charge in [-0.15, -0.1) is 12.4 Å². The van der Waals surface area contributed by atoms with E-state index >= 15 is 0 Å². The molecule has 0 spiro atoms. The van der Waals surface area contributed by atoms with Crippen molar-refractivity contribution in [3.8, 4) is 0 Å². The van der Waals surface area contributed by atoms with Crippen LogP contribution in [0.1, 0.15) is 64.7 Å². The second kappa shape index (κ2) is 6.76. The monoisotopic (exact) mass is 274 g/mol. The molecule has 0 heterocycles. The molecule has 18 heavy (non-hydrogen) atoms. The lowest BCUT2D eigenvalue weighted by atomic mass is 9.83. The Labute approximate surface area is 117 Å². The molecule has 3 N–H and O–H groups in total. The van der Waals surface area contributed by atoms with E-state index < -0.39 is 5.54 Å². The van der Waals surface area contributed by atoms with Gasteiger partial charge in [0.25, 0.3) is 0 Å². The Bertz CT molecular complexity index is 271. The minimum absolute atomic E-state index is 0. The van der Waals surface area contributed by atoms with E-state index in [1.54, 1.807) is 0 Å². The van der Waals surface area contributed by atoms with Crippen molar-refractivity contribution < 1.29 is 4.79 Å². The molecular formula is C14H27ClN2O. The summed E-state index contributed by atoms with van der Waals surface area (Å²) in [5.74, 6) is 0.991. The number of hydrogen-bond donors (Lipinski definition) is 2. The van der Waals surface area contributed by atoms with Gasteiger partial charge >= 0.3 is 0 Å². The van der Waals surface area contributed by atoms with Crippen molar-refractivity contribution in [1.29, 1.82) is 0 Å². The van der Waals surface area contributed by atoms with Crippen LogP contribution >= 0.6 is 12.4 Å². The van der Waals surface area contributed by atoms with E-state index in [-0.39, 0.29) is 18.3 Å². The SMILES string of the molecule is CCCCC1CCC(NC(=O)C2(N)CC2)CC1.Cl. The molecule has 0 aromatic heterocycles. The molecule has 2 saturated carbocycles. The Balaban J connectivity index is 0.00000162. The Morgan fingerprint density at radius 3 is 2.39 bits per heavy atom. The number of halogens is 1. The number of rotatable bonds is 5. The third kappa shape index (κ3) is 4.13. The summed E-state index contributed by atoms with van der Waals surface area (Å²) in [4.78, 5) is 11.8. The van der Waals surface area contributed by atoms with Crippen LogP contribution in [0.2, 0.25) is 0 Å². The van der Waals surface area contributed by atoms with Gasteiger partial charge in [-0.3, -0.25) is 4.79 Å². The Kier molecular flexibility index (Phi) is 5.93. The minimum atomic E-state index is -0.501. The molecule has 0 aliphatic heterocycles. The molecular weight excluding hydrogens is 248 g/mol. The molecule has 0 bridgehead atoms. The molecule has 0 radical (unpaired) electrons. The van der Waals surface area contributed by atoms with Crippen LogP contribution in [0.4, 0.5) is 0 Å². The maximum absolute atomic E-state index is 11.8. The third-order valence-corrected chi connectivity index (χ3v) is 4.39. The van der Waals surface area contributed by atoms with Crippen LogP contribution in [0.5, 0.6) is 0 Å². The van der Waals surface area contributed by atoms with Crippen LogP contribution in [0, 0.1) is 5.92 Å². The summed E-state index contributed by atoms with van der Waals surface area (Å²) in [5.41, 5.74) is 5.39. The van der Waals surface area contributed by atoms with Crippen molar-refractivity contribution in [2.24, 2.45) is 11.7 Å². The first kappa shape index (κ1) is 15.8. The molecule has 106 valence electrons. The number of nitrogens with one attached hydrogen (secondary N) is 1. The highest BCUT2D eigenvalue weighted by molar-refractivity contribution is 5.89. The van der Waals surface area contributed by atoms with E-state index in [1.165, 1.54) is 32.1 Å². The summed E-state index contributed by atoms with van der Waals surface area (Å²) < 4.78 is 0. The molecule has 0 saturated heterocycles. The first-order chi connectivity index (χ1) is 8.14. The van der Waals surface area contributed by atoms with Gasteiger partial charge < -0.3 is 11.1 Å². The maximum atomic E-state index is 11.8. The highest BCUT2D eigenvalue weighted by Crippen LogP contribution is 2.33. The fourth-order valence-corrected chi connectivity index (χ4v) is 2.78. The molecule has 0 aromatic rings. The summed E-state index contributed by atoms with van der Waals surface area (Å²) in [6, 6.07) is 0.390. The Morgan fingerprint density at radius 2 is 1.89 bits per heavy atom. The number of hydrogen-bond acceptors (Lipinski definition) is 2. The molecule has 1 amide bonds. The van der Waals surface area contributed by atoms with Gasteiger partial charge in [-0.25, -0.2) is 0 Å². The van der Waals surface area contributed by atoms with Crippen LogP contribution in [0.15, 0.2) is 0 Å². The second-order valence-electron chi connectivity index (χ2n) is 5.99. The topological polar surface area (TPSA) is 55.1 Å². The Morgan fingerprint density at radius 1 is 1.28 bits per heavy atom. The second-order valence-corrected chi connectivity index (χ2v) is 5.99. The van der Waals surface area contributed by atoms with Gasteiger partial charge in [0, 0.05) is 6.04 Å². The average molecular weight is 275 g/mol. The lowest BCUT2D eigenvalue weighted by molar-refractivity contribution is -0.124. The highest BCUT2D eigenvalue weighted by atomic mass is 35.5. The van der Waals surface area contributed by atoms with Gasteiger partial charge in [-0.2, -0.15) is 0 Å². The molecule has 2 aliphatic rings. The van der Waals surface area contributed by atoms with E-state index in [0.717, 1.165) is 31.6 Å². The molecule has 2 fully saturated rings. The summed E-state index contributed by atoms with van der Waals surface area (Å²) in [5, 5.41) is 3.13. The van der Waals surface area contributed by atoms with E-state index in [0.29, 0.717) is 6.04 Å². The van der Waals surface area contributed by atoms with Crippen molar-refractivity contribution >= 4 is 18.3 Å². The van der Waals surface area contributed by atoms with Gasteiger partial charge in [0.15, 0.2) is 0 Å². The number of unbranched alkanes of at least 4 members (excludes halogenated alkanes) is 1. The third-order valence-electron chi connectivity index (χ3n) is 4.39. The normalized spacial score (nSPS) is 29.2. The molecule has 0 atom stereocenters. The number of amides is 1. The molecule has 3 nitrogen and oxygen atoms in total. The van der Waals surface area contributed by atoms with Gasteiger partial charge in [-0.05, 0) is 44.4 Å². The fraction of sp³-hybridized carbons (Fsp3) is 0.929. The van der Waals surface area contributed by atoms with Crippen molar-refractivity contribution in [2.45, 2.75) is 76.3 Å². The highest BCUT2D eigenvalue weighted by Gasteiger charge is 2.46. The van der Waals surface area contributed by atoms with Crippen molar-refractivity contribution in [3.05, 3.63) is 0 Å². The number of carbonyl (C=O) groups excluding carboxylic acids is 1. The standard InChI is InChI=1S/C14H26N2O.ClH/c1-2-3-4-11-5-7-12(8-6-11)16-13(17)14(15)9-10-14;/h11-12H,2-10,15H2,1H3,(H,16,17);1H. The molecule has 0 unspecified atom stereocenters. The molecule has 2 aliphatic carbocycles. The van der Waals surface area contributed by atoms with E-state index in [4.69, 9.17) is 5.73 Å². The lowest BCUT2D eigenvalue weighted by Crippen LogP contribution is -2.48. The predicted octanol–water partition coefficient (Wildman–Crippen LogP) is 2.76. The summed E-state index contributed by atoms with van der Waals surface area (Å²) in [6.07, 6.45) is 10.6. The smallest absolute Gasteiger partial charge is 0.240 e. The van der Waals surface area contributed by atoms with E-state index in [1.807, 2.05) is 0 Å². The van der Waals surface area contributed by atoms with Crippen LogP contribution < -0.4 is 11.1 Å². The van der Waals surface area contributed by atoms with Crippen LogP contribution in [-0.2, 0) is 4.79 Å².